The maximum absolute atomic E-state index is 12.8. The topological polar surface area (TPSA) is 25.8 Å². The predicted octanol–water partition coefficient (Wildman–Crippen LogP) is 6.28. The number of halogens is 1. The molecule has 5 aromatic rings. The van der Waals surface area contributed by atoms with Crippen LogP contribution in [0.1, 0.15) is 0 Å². The van der Waals surface area contributed by atoms with Gasteiger partial charge < -0.3 is 0 Å². The Labute approximate surface area is 157 Å². The summed E-state index contributed by atoms with van der Waals surface area (Å²) < 4.78 is 12.8. The molecule has 0 unspecified atom stereocenters. The first-order valence-corrected chi connectivity index (χ1v) is 8.70. The fourth-order valence-corrected chi connectivity index (χ4v) is 2.89. The molecule has 0 atom stereocenters. The summed E-state index contributed by atoms with van der Waals surface area (Å²) in [4.78, 5) is 8.57. The third-order valence-electron chi connectivity index (χ3n) is 4.28. The van der Waals surface area contributed by atoms with Crippen LogP contribution >= 0.6 is 0 Å². The zero-order valence-corrected chi connectivity index (χ0v) is 14.6. The van der Waals surface area contributed by atoms with Crippen LogP contribution in [0.25, 0.3) is 32.9 Å². The average Bonchev–Trinajstić information content (AvgIpc) is 2.74. The van der Waals surface area contributed by atoms with E-state index in [9.17, 15) is 4.39 Å². The number of para-hydroxylation sites is 2. The van der Waals surface area contributed by atoms with Crippen molar-refractivity contribution in [1.29, 1.82) is 0 Å². The molecule has 0 radical (unpaired) electrons. The van der Waals surface area contributed by atoms with Crippen molar-refractivity contribution in [1.82, 2.24) is 9.97 Å². The van der Waals surface area contributed by atoms with Gasteiger partial charge in [-0.15, -0.1) is 0 Å². The number of hydrogen-bond acceptors (Lipinski definition) is 2. The molecule has 0 bridgehead atoms. The standard InChI is InChI=1S/C15H10FN.C9H7N/c16-14-7-5-11(6-8-14)13-9-12-3-1-2-4-15(12)17-10-13;1-2-6-9-8(4-1)5-3-7-10-9/h1-10H;1-7H. The molecule has 0 saturated carbocycles. The van der Waals surface area contributed by atoms with Gasteiger partial charge in [0.15, 0.2) is 0 Å². The molecule has 0 fully saturated rings. The Morgan fingerprint density at radius 1 is 0.556 bits per heavy atom. The second-order valence-corrected chi connectivity index (χ2v) is 6.12. The normalized spacial score (nSPS) is 10.4. The molecule has 2 aromatic heterocycles. The van der Waals surface area contributed by atoms with Gasteiger partial charge in [-0.1, -0.05) is 54.6 Å². The molecule has 2 nitrogen and oxygen atoms in total. The Bertz CT molecular complexity index is 1120. The molecule has 130 valence electrons. The Morgan fingerprint density at radius 2 is 1.19 bits per heavy atom. The van der Waals surface area contributed by atoms with E-state index in [1.807, 2.05) is 60.9 Å². The van der Waals surface area contributed by atoms with Gasteiger partial charge in [0.05, 0.1) is 11.0 Å². The summed E-state index contributed by atoms with van der Waals surface area (Å²) in [6.07, 6.45) is 3.62. The lowest BCUT2D eigenvalue weighted by Crippen LogP contribution is -1.83. The van der Waals surface area contributed by atoms with E-state index in [0.29, 0.717) is 0 Å². The minimum Gasteiger partial charge on any atom is -0.256 e. The summed E-state index contributed by atoms with van der Waals surface area (Å²) >= 11 is 0. The Balaban J connectivity index is 0.000000153. The third kappa shape index (κ3) is 3.98. The lowest BCUT2D eigenvalue weighted by Gasteiger charge is -2.03. The molecule has 0 saturated heterocycles. The highest BCUT2D eigenvalue weighted by Crippen LogP contribution is 2.22. The van der Waals surface area contributed by atoms with E-state index in [-0.39, 0.29) is 5.82 Å². The lowest BCUT2D eigenvalue weighted by molar-refractivity contribution is 0.628. The molecular weight excluding hydrogens is 335 g/mol. The van der Waals surface area contributed by atoms with E-state index < -0.39 is 0 Å². The summed E-state index contributed by atoms with van der Waals surface area (Å²) in [5.74, 6) is -0.220. The number of pyridine rings is 2. The predicted molar refractivity (Wildman–Crippen MR) is 109 cm³/mol. The van der Waals surface area contributed by atoms with E-state index in [4.69, 9.17) is 0 Å². The molecular formula is C24H17FN2. The highest BCUT2D eigenvalue weighted by atomic mass is 19.1. The Morgan fingerprint density at radius 3 is 1.93 bits per heavy atom. The maximum atomic E-state index is 12.8. The van der Waals surface area contributed by atoms with Crippen molar-refractivity contribution in [2.24, 2.45) is 0 Å². The van der Waals surface area contributed by atoms with Gasteiger partial charge in [-0.05, 0) is 42.0 Å². The van der Waals surface area contributed by atoms with Crippen LogP contribution in [0.15, 0.2) is 103 Å². The fourth-order valence-electron chi connectivity index (χ4n) is 2.89. The van der Waals surface area contributed by atoms with E-state index in [2.05, 4.69) is 28.2 Å². The van der Waals surface area contributed by atoms with Crippen LogP contribution in [0.5, 0.6) is 0 Å². The van der Waals surface area contributed by atoms with Crippen LogP contribution in [0.4, 0.5) is 4.39 Å². The van der Waals surface area contributed by atoms with Crippen molar-refractivity contribution in [2.45, 2.75) is 0 Å². The van der Waals surface area contributed by atoms with Crippen molar-refractivity contribution < 1.29 is 4.39 Å². The molecule has 0 aliphatic heterocycles. The van der Waals surface area contributed by atoms with Crippen LogP contribution in [0.2, 0.25) is 0 Å². The Hall–Kier alpha value is -3.59. The second-order valence-electron chi connectivity index (χ2n) is 6.12. The number of hydrogen-bond donors (Lipinski definition) is 0. The van der Waals surface area contributed by atoms with Gasteiger partial charge in [-0.3, -0.25) is 9.97 Å². The maximum Gasteiger partial charge on any atom is 0.123 e. The largest absolute Gasteiger partial charge is 0.256 e. The summed E-state index contributed by atoms with van der Waals surface area (Å²) in [6, 6.07) is 28.6. The monoisotopic (exact) mass is 352 g/mol. The van der Waals surface area contributed by atoms with Crippen LogP contribution in [-0.4, -0.2) is 9.97 Å². The van der Waals surface area contributed by atoms with Gasteiger partial charge >= 0.3 is 0 Å². The number of fused-ring (bicyclic) bond motifs is 2. The van der Waals surface area contributed by atoms with E-state index in [0.717, 1.165) is 27.5 Å². The van der Waals surface area contributed by atoms with E-state index in [1.54, 1.807) is 12.1 Å². The van der Waals surface area contributed by atoms with Gasteiger partial charge in [0, 0.05) is 28.7 Å². The average molecular weight is 352 g/mol. The second kappa shape index (κ2) is 7.75. The zero-order chi connectivity index (χ0) is 18.5. The molecule has 3 heteroatoms. The fraction of sp³-hybridized carbons (Fsp3) is 0. The first-order chi connectivity index (χ1) is 13.3. The third-order valence-corrected chi connectivity index (χ3v) is 4.28. The minimum absolute atomic E-state index is 0.220. The molecule has 0 spiro atoms. The minimum atomic E-state index is -0.220. The smallest absolute Gasteiger partial charge is 0.123 e. The number of nitrogens with zero attached hydrogens (tertiary/aromatic N) is 2. The summed E-state index contributed by atoms with van der Waals surface area (Å²) in [6.45, 7) is 0. The molecule has 0 N–H and O–H groups in total. The lowest BCUT2D eigenvalue weighted by atomic mass is 10.1. The van der Waals surface area contributed by atoms with Crippen LogP contribution < -0.4 is 0 Å². The van der Waals surface area contributed by atoms with Gasteiger partial charge in [0.1, 0.15) is 5.82 Å². The summed E-state index contributed by atoms with van der Waals surface area (Å²) in [7, 11) is 0. The van der Waals surface area contributed by atoms with Crippen LogP contribution in [0.3, 0.4) is 0 Å². The molecule has 5 rings (SSSR count). The van der Waals surface area contributed by atoms with Crippen molar-refractivity contribution in [2.75, 3.05) is 0 Å². The molecule has 3 aromatic carbocycles. The number of rotatable bonds is 1. The molecule has 27 heavy (non-hydrogen) atoms. The van der Waals surface area contributed by atoms with Crippen molar-refractivity contribution >= 4 is 21.8 Å². The number of aromatic nitrogens is 2. The molecule has 0 aliphatic rings. The Kier molecular flexibility index (Phi) is 4.84. The van der Waals surface area contributed by atoms with Gasteiger partial charge in [-0.2, -0.15) is 0 Å². The van der Waals surface area contributed by atoms with E-state index in [1.165, 1.54) is 17.5 Å². The SMILES string of the molecule is Fc1ccc(-c2cnc3ccccc3c2)cc1.c1ccc2ncccc2c1. The molecule has 0 aliphatic carbocycles. The molecule has 2 heterocycles. The molecule has 0 amide bonds. The van der Waals surface area contributed by atoms with Crippen LogP contribution in [0, 0.1) is 5.82 Å². The van der Waals surface area contributed by atoms with E-state index >= 15 is 0 Å². The van der Waals surface area contributed by atoms with Crippen molar-refractivity contribution in [3.63, 3.8) is 0 Å². The van der Waals surface area contributed by atoms with Crippen LogP contribution in [-0.2, 0) is 0 Å². The number of benzene rings is 3. The first kappa shape index (κ1) is 16.9. The first-order valence-electron chi connectivity index (χ1n) is 8.70. The van der Waals surface area contributed by atoms with Crippen molar-refractivity contribution in [3.05, 3.63) is 109 Å². The van der Waals surface area contributed by atoms with Crippen molar-refractivity contribution in [3.8, 4) is 11.1 Å². The highest BCUT2D eigenvalue weighted by Gasteiger charge is 2.00. The zero-order valence-electron chi connectivity index (χ0n) is 14.6. The highest BCUT2D eigenvalue weighted by molar-refractivity contribution is 5.83. The quantitative estimate of drug-likeness (QED) is 0.355. The van der Waals surface area contributed by atoms with Gasteiger partial charge in [0.2, 0.25) is 0 Å². The van der Waals surface area contributed by atoms with Gasteiger partial charge in [0.25, 0.3) is 0 Å². The summed E-state index contributed by atoms with van der Waals surface area (Å²) in [5.41, 5.74) is 4.01. The van der Waals surface area contributed by atoms with Gasteiger partial charge in [-0.25, -0.2) is 4.39 Å². The summed E-state index contributed by atoms with van der Waals surface area (Å²) in [5, 5.41) is 2.29.